The fourth-order valence-electron chi connectivity index (χ4n) is 2.88. The van der Waals surface area contributed by atoms with E-state index in [0.717, 1.165) is 5.56 Å². The predicted molar refractivity (Wildman–Crippen MR) is 113 cm³/mol. The number of nitrogen functional groups attached to an aromatic ring is 1. The summed E-state index contributed by atoms with van der Waals surface area (Å²) in [5.74, 6) is 0.939. The minimum Gasteiger partial charge on any atom is -0.455 e. The number of aryl methyl sites for hydroxylation is 1. The first kappa shape index (κ1) is 20.3. The van der Waals surface area contributed by atoms with Gasteiger partial charge in [0.05, 0.1) is 5.02 Å². The van der Waals surface area contributed by atoms with Crippen LogP contribution in [0.15, 0.2) is 39.9 Å². The second kappa shape index (κ2) is 8.32. The molecule has 5 N–H and O–H groups in total. The van der Waals surface area contributed by atoms with Gasteiger partial charge in [-0.2, -0.15) is 5.10 Å². The van der Waals surface area contributed by atoms with Crippen molar-refractivity contribution in [1.29, 1.82) is 5.41 Å². The zero-order valence-electron chi connectivity index (χ0n) is 15.9. The molecule has 0 aliphatic rings. The number of rotatable bonds is 6. The van der Waals surface area contributed by atoms with E-state index in [-0.39, 0.29) is 10.7 Å². The number of H-pyrrole nitrogens is 2. The third-order valence-electron chi connectivity index (χ3n) is 4.41. The first-order valence-corrected chi connectivity index (χ1v) is 9.38. The third-order valence-corrected chi connectivity index (χ3v) is 4.69. The Morgan fingerprint density at radius 3 is 2.66 bits per heavy atom. The SMILES string of the molecule is CCC(=N)c1cc(Oc2c(Cl)cc(-c3n[nH]c(=O)[nH]c3=O)cc2CC)ccc1N. The highest BCUT2D eigenvalue weighted by Crippen LogP contribution is 2.37. The van der Waals surface area contributed by atoms with Crippen LogP contribution < -0.4 is 21.7 Å². The summed E-state index contributed by atoms with van der Waals surface area (Å²) in [7, 11) is 0. The number of nitrogens with one attached hydrogen (secondary N) is 3. The average molecular weight is 414 g/mol. The van der Waals surface area contributed by atoms with Crippen LogP contribution in [-0.2, 0) is 6.42 Å². The van der Waals surface area contributed by atoms with Crippen molar-refractivity contribution >= 4 is 23.0 Å². The lowest BCUT2D eigenvalue weighted by Gasteiger charge is -2.15. The Bertz CT molecular complexity index is 1200. The topological polar surface area (TPSA) is 138 Å². The number of hydrogen-bond acceptors (Lipinski definition) is 6. The van der Waals surface area contributed by atoms with Crippen LogP contribution >= 0.6 is 11.6 Å². The van der Waals surface area contributed by atoms with Crippen LogP contribution in [0.3, 0.4) is 0 Å². The Labute approximate surface area is 171 Å². The monoisotopic (exact) mass is 413 g/mol. The van der Waals surface area contributed by atoms with Gasteiger partial charge in [0.25, 0.3) is 5.56 Å². The van der Waals surface area contributed by atoms with Gasteiger partial charge in [-0.25, -0.2) is 9.89 Å². The highest BCUT2D eigenvalue weighted by atomic mass is 35.5. The molecule has 0 fully saturated rings. The summed E-state index contributed by atoms with van der Waals surface area (Å²) >= 11 is 6.45. The van der Waals surface area contributed by atoms with E-state index in [1.54, 1.807) is 30.3 Å². The van der Waals surface area contributed by atoms with Gasteiger partial charge < -0.3 is 15.9 Å². The fraction of sp³-hybridized carbons (Fsp3) is 0.200. The maximum atomic E-state index is 12.0. The average Bonchev–Trinajstić information content (AvgIpc) is 2.70. The van der Waals surface area contributed by atoms with Gasteiger partial charge >= 0.3 is 5.69 Å². The highest BCUT2D eigenvalue weighted by molar-refractivity contribution is 6.32. The van der Waals surface area contributed by atoms with Gasteiger partial charge in [-0.05, 0) is 48.7 Å². The molecule has 0 saturated heterocycles. The van der Waals surface area contributed by atoms with Gasteiger partial charge in [0.1, 0.15) is 11.5 Å². The first-order valence-electron chi connectivity index (χ1n) is 9.01. The maximum Gasteiger partial charge on any atom is 0.342 e. The Morgan fingerprint density at radius 2 is 2.00 bits per heavy atom. The minimum absolute atomic E-state index is 0.0546. The summed E-state index contributed by atoms with van der Waals surface area (Å²) in [6.45, 7) is 3.81. The molecule has 3 aromatic rings. The smallest absolute Gasteiger partial charge is 0.342 e. The molecule has 0 spiro atoms. The molecular weight excluding hydrogens is 394 g/mol. The number of nitrogens with zero attached hydrogens (tertiary/aromatic N) is 1. The fourth-order valence-corrected chi connectivity index (χ4v) is 3.15. The van der Waals surface area contributed by atoms with Crippen molar-refractivity contribution in [2.24, 2.45) is 0 Å². The molecule has 0 aliphatic carbocycles. The van der Waals surface area contributed by atoms with Gasteiger partial charge in [-0.15, -0.1) is 0 Å². The standard InChI is InChI=1S/C20H20ClN5O3/c1-3-10-7-11(17-19(27)24-20(28)26-25-17)8-14(21)18(10)29-12-5-6-16(23)13(9-12)15(22)4-2/h5-9,22H,3-4,23H2,1-2H3,(H2,24,26,27,28). The minimum atomic E-state index is -0.683. The number of benzene rings is 2. The molecule has 0 bridgehead atoms. The van der Waals surface area contributed by atoms with Crippen LogP contribution in [-0.4, -0.2) is 20.9 Å². The van der Waals surface area contributed by atoms with E-state index in [9.17, 15) is 9.59 Å². The molecule has 0 amide bonds. The van der Waals surface area contributed by atoms with E-state index < -0.39 is 11.2 Å². The van der Waals surface area contributed by atoms with Crippen molar-refractivity contribution in [2.75, 3.05) is 5.73 Å². The number of nitrogens with two attached hydrogens (primary N) is 1. The second-order valence-corrected chi connectivity index (χ2v) is 6.75. The Morgan fingerprint density at radius 1 is 1.24 bits per heavy atom. The number of halogens is 1. The van der Waals surface area contributed by atoms with Gasteiger partial charge in [0, 0.05) is 22.5 Å². The Balaban J connectivity index is 2.04. The van der Waals surface area contributed by atoms with Crippen LogP contribution in [0.1, 0.15) is 31.4 Å². The molecule has 150 valence electrons. The van der Waals surface area contributed by atoms with E-state index in [2.05, 4.69) is 15.2 Å². The summed E-state index contributed by atoms with van der Waals surface area (Å²) in [5, 5.41) is 14.4. The van der Waals surface area contributed by atoms with Crippen molar-refractivity contribution in [3.05, 3.63) is 67.3 Å². The number of anilines is 1. The van der Waals surface area contributed by atoms with E-state index in [1.165, 1.54) is 0 Å². The Kier molecular flexibility index (Phi) is 5.84. The molecule has 0 saturated carbocycles. The third kappa shape index (κ3) is 4.22. The summed E-state index contributed by atoms with van der Waals surface area (Å²) in [4.78, 5) is 25.4. The molecule has 0 atom stereocenters. The Hall–Kier alpha value is -3.39. The van der Waals surface area contributed by atoms with Crippen molar-refractivity contribution in [3.63, 3.8) is 0 Å². The van der Waals surface area contributed by atoms with Gasteiger partial charge in [-0.1, -0.05) is 25.4 Å². The summed E-state index contributed by atoms with van der Waals surface area (Å²) in [5.41, 5.74) is 7.47. The van der Waals surface area contributed by atoms with Crippen molar-refractivity contribution in [3.8, 4) is 22.8 Å². The molecule has 3 rings (SSSR count). The largest absolute Gasteiger partial charge is 0.455 e. The lowest BCUT2D eigenvalue weighted by Crippen LogP contribution is -2.25. The maximum absolute atomic E-state index is 12.0. The van der Waals surface area contributed by atoms with Crippen LogP contribution in [0.5, 0.6) is 11.5 Å². The molecule has 2 aromatic carbocycles. The molecule has 8 nitrogen and oxygen atoms in total. The van der Waals surface area contributed by atoms with Gasteiger partial charge in [0.15, 0.2) is 5.69 Å². The summed E-state index contributed by atoms with van der Waals surface area (Å²) < 4.78 is 6.01. The first-order chi connectivity index (χ1) is 13.8. The molecule has 0 unspecified atom stereocenters. The number of aromatic amines is 2. The van der Waals surface area contributed by atoms with Crippen molar-refractivity contribution in [2.45, 2.75) is 26.7 Å². The van der Waals surface area contributed by atoms with E-state index in [1.807, 2.05) is 13.8 Å². The zero-order valence-corrected chi connectivity index (χ0v) is 16.7. The van der Waals surface area contributed by atoms with Crippen molar-refractivity contribution < 1.29 is 4.74 Å². The van der Waals surface area contributed by atoms with Crippen LogP contribution in [0.2, 0.25) is 5.02 Å². The molecular formula is C20H20ClN5O3. The zero-order chi connectivity index (χ0) is 21.1. The quantitative estimate of drug-likeness (QED) is 0.362. The van der Waals surface area contributed by atoms with Crippen LogP contribution in [0.25, 0.3) is 11.3 Å². The summed E-state index contributed by atoms with van der Waals surface area (Å²) in [6, 6.07) is 8.40. The molecule has 0 aliphatic heterocycles. The van der Waals surface area contributed by atoms with Crippen LogP contribution in [0.4, 0.5) is 5.69 Å². The number of aromatic nitrogens is 3. The normalized spacial score (nSPS) is 10.7. The molecule has 9 heteroatoms. The lowest BCUT2D eigenvalue weighted by molar-refractivity contribution is 0.477. The summed E-state index contributed by atoms with van der Waals surface area (Å²) in [6.07, 6.45) is 1.13. The number of ether oxygens (including phenoxy) is 1. The molecule has 1 aromatic heterocycles. The second-order valence-electron chi connectivity index (χ2n) is 6.34. The number of hydrogen-bond donors (Lipinski definition) is 4. The molecule has 0 radical (unpaired) electrons. The van der Waals surface area contributed by atoms with Crippen molar-refractivity contribution in [1.82, 2.24) is 15.2 Å². The van der Waals surface area contributed by atoms with E-state index in [0.29, 0.717) is 46.9 Å². The van der Waals surface area contributed by atoms with E-state index >= 15 is 0 Å². The van der Waals surface area contributed by atoms with Gasteiger partial charge in [0.2, 0.25) is 0 Å². The van der Waals surface area contributed by atoms with Gasteiger partial charge in [-0.3, -0.25) is 9.78 Å². The predicted octanol–water partition coefficient (Wildman–Crippen LogP) is 3.49. The van der Waals surface area contributed by atoms with E-state index in [4.69, 9.17) is 27.5 Å². The highest BCUT2D eigenvalue weighted by Gasteiger charge is 2.16. The molecule has 1 heterocycles. The lowest BCUT2D eigenvalue weighted by atomic mass is 10.0. The van der Waals surface area contributed by atoms with Crippen LogP contribution in [0, 0.1) is 5.41 Å². The molecule has 29 heavy (non-hydrogen) atoms.